The monoisotopic (exact) mass is 550 g/mol. The zero-order valence-corrected chi connectivity index (χ0v) is 24.2. The Kier molecular flexibility index (Phi) is 9.93. The number of nitrogens with one attached hydrogen (secondary N) is 3. The molecule has 196 valence electrons. The molecule has 0 radical (unpaired) electrons. The molecule has 0 bridgehead atoms. The Balaban J connectivity index is 2.06. The fourth-order valence-electron chi connectivity index (χ4n) is 3.03. The number of thiophene rings is 1. The Hall–Kier alpha value is -2.63. The zero-order valence-electron chi connectivity index (χ0n) is 21.7. The number of allylic oxidation sites excluding steroid dienone is 1. The second-order valence-electron chi connectivity index (χ2n) is 9.66. The van der Waals surface area contributed by atoms with Gasteiger partial charge in [0.05, 0.1) is 10.6 Å². The molecule has 11 heteroatoms. The van der Waals surface area contributed by atoms with Gasteiger partial charge in [-0.2, -0.15) is 0 Å². The summed E-state index contributed by atoms with van der Waals surface area (Å²) in [6, 6.07) is 3.28. The van der Waals surface area contributed by atoms with Gasteiger partial charge in [0, 0.05) is 34.8 Å². The van der Waals surface area contributed by atoms with Crippen molar-refractivity contribution in [3.8, 4) is 0 Å². The van der Waals surface area contributed by atoms with E-state index in [4.69, 9.17) is 4.74 Å². The van der Waals surface area contributed by atoms with Crippen molar-refractivity contribution in [2.24, 2.45) is 7.05 Å². The van der Waals surface area contributed by atoms with E-state index in [1.807, 2.05) is 6.26 Å². The number of carbonyl (C=O) groups is 3. The third kappa shape index (κ3) is 9.11. The lowest BCUT2D eigenvalue weighted by Gasteiger charge is -2.22. The van der Waals surface area contributed by atoms with Crippen molar-refractivity contribution < 1.29 is 19.1 Å². The summed E-state index contributed by atoms with van der Waals surface area (Å²) in [7, 11) is 5.06. The lowest BCUT2D eigenvalue weighted by Crippen LogP contribution is -2.35. The molecule has 2 aromatic heterocycles. The molecule has 0 aliphatic rings. The molecule has 0 spiro atoms. The second kappa shape index (κ2) is 12.1. The van der Waals surface area contributed by atoms with Gasteiger partial charge in [-0.15, -0.1) is 11.3 Å². The minimum absolute atomic E-state index is 0.0909. The predicted molar refractivity (Wildman–Crippen MR) is 153 cm³/mol. The van der Waals surface area contributed by atoms with Gasteiger partial charge in [-0.25, -0.2) is 4.79 Å². The molecule has 0 fully saturated rings. The van der Waals surface area contributed by atoms with Crippen LogP contribution >= 0.6 is 32.9 Å². The van der Waals surface area contributed by atoms with Crippen LogP contribution in [0.5, 0.6) is 0 Å². The molecular formula is C25H34N4O4S3. The number of anilines is 1. The highest BCUT2D eigenvalue weighted by Gasteiger charge is 2.21. The molecule has 2 rings (SSSR count). The van der Waals surface area contributed by atoms with Crippen molar-refractivity contribution in [1.29, 1.82) is 0 Å². The van der Waals surface area contributed by atoms with Gasteiger partial charge in [0.25, 0.3) is 11.8 Å². The molecule has 36 heavy (non-hydrogen) atoms. The van der Waals surface area contributed by atoms with E-state index in [1.54, 1.807) is 78.4 Å². The fraction of sp³-hybridized carbons (Fsp3) is 0.400. The number of aryl methyl sites for hydroxylation is 1. The molecule has 2 aromatic rings. The zero-order chi connectivity index (χ0) is 27.3. The minimum atomic E-state index is -0.633. The van der Waals surface area contributed by atoms with Crippen molar-refractivity contribution in [2.75, 3.05) is 18.1 Å². The van der Waals surface area contributed by atoms with Crippen LogP contribution in [-0.4, -0.2) is 45.6 Å². The van der Waals surface area contributed by atoms with E-state index in [1.165, 1.54) is 11.3 Å². The van der Waals surface area contributed by atoms with Crippen LogP contribution in [0.15, 0.2) is 30.6 Å². The maximum absolute atomic E-state index is 12.8. The lowest BCUT2D eigenvalue weighted by molar-refractivity contribution is 0.0635. The summed E-state index contributed by atoms with van der Waals surface area (Å²) >= 11 is 1.28. The molecule has 8 nitrogen and oxygen atoms in total. The van der Waals surface area contributed by atoms with Gasteiger partial charge in [0.15, 0.2) is 0 Å². The van der Waals surface area contributed by atoms with Crippen molar-refractivity contribution in [3.05, 3.63) is 50.9 Å². The molecule has 0 aliphatic heterocycles. The van der Waals surface area contributed by atoms with Crippen molar-refractivity contribution in [1.82, 2.24) is 15.2 Å². The van der Waals surface area contributed by atoms with Gasteiger partial charge < -0.3 is 19.9 Å². The first-order chi connectivity index (χ1) is 16.6. The number of hydrogen-bond acceptors (Lipinski definition) is 7. The summed E-state index contributed by atoms with van der Waals surface area (Å²) in [5.41, 5.74) is 0.460. The Morgan fingerprint density at radius 2 is 1.83 bits per heavy atom. The first-order valence-electron chi connectivity index (χ1n) is 11.1. The van der Waals surface area contributed by atoms with E-state index >= 15 is 0 Å². The number of carbonyl (C=O) groups excluding carboxylic acids is 3. The lowest BCUT2D eigenvalue weighted by atomic mass is 10.2. The number of rotatable bonds is 9. The largest absolute Gasteiger partial charge is 0.444 e. The number of amides is 3. The quantitative estimate of drug-likeness (QED) is 0.407. The van der Waals surface area contributed by atoms with Gasteiger partial charge in [-0.05, 0) is 64.3 Å². The van der Waals surface area contributed by atoms with E-state index in [9.17, 15) is 14.4 Å². The summed E-state index contributed by atoms with van der Waals surface area (Å²) in [6.07, 6.45) is 4.68. The van der Waals surface area contributed by atoms with Crippen molar-refractivity contribution in [2.45, 2.75) is 45.0 Å². The highest BCUT2D eigenvalue weighted by atomic mass is 33.1. The minimum Gasteiger partial charge on any atom is -0.444 e. The smallest absolute Gasteiger partial charge is 0.412 e. The molecule has 0 aliphatic carbocycles. The van der Waals surface area contributed by atoms with Crippen LogP contribution in [0.2, 0.25) is 0 Å². The molecule has 0 atom stereocenters. The number of aromatic nitrogens is 1. The Labute approximate surface area is 224 Å². The molecular weight excluding hydrogens is 517 g/mol. The average molecular weight is 551 g/mol. The van der Waals surface area contributed by atoms with Gasteiger partial charge in [0.2, 0.25) is 0 Å². The Bertz CT molecular complexity index is 1260. The van der Waals surface area contributed by atoms with E-state index in [-0.39, 0.29) is 10.7 Å². The molecule has 0 unspecified atom stereocenters. The molecule has 0 aromatic carbocycles. The van der Waals surface area contributed by atoms with Crippen LogP contribution in [0.4, 0.5) is 10.5 Å². The Morgan fingerprint density at radius 3 is 2.44 bits per heavy atom. The number of hydrogen-bond donors (Lipinski definition) is 3. The first kappa shape index (κ1) is 29.6. The summed E-state index contributed by atoms with van der Waals surface area (Å²) in [4.78, 5) is 37.9. The summed E-state index contributed by atoms with van der Waals surface area (Å²) in [5, 5.41) is 9.02. The van der Waals surface area contributed by atoms with E-state index in [0.29, 0.717) is 38.3 Å². The highest BCUT2D eigenvalue weighted by molar-refractivity contribution is 8.77. The molecule has 0 saturated carbocycles. The van der Waals surface area contributed by atoms with Crippen LogP contribution in [0.1, 0.15) is 54.8 Å². The third-order valence-electron chi connectivity index (χ3n) is 4.54. The molecule has 3 N–H and O–H groups in total. The van der Waals surface area contributed by atoms with Crippen LogP contribution in [-0.2, 0) is 11.8 Å². The predicted octanol–water partition coefficient (Wildman–Crippen LogP) is 4.09. The van der Waals surface area contributed by atoms with Gasteiger partial charge in [0.1, 0.15) is 11.3 Å². The van der Waals surface area contributed by atoms with Gasteiger partial charge >= 0.3 is 6.09 Å². The van der Waals surface area contributed by atoms with Crippen LogP contribution in [0.3, 0.4) is 0 Å². The highest BCUT2D eigenvalue weighted by Crippen LogP contribution is 2.32. The fourth-order valence-corrected chi connectivity index (χ4v) is 5.99. The standard InChI is InChI=1S/C25H34N4O4S3/c1-15(10-17-11-20(35-16(17)2)22(31)26-14-25(6,7)36-34-9)27-21(30)19-12-18(13-29(19)8)28-23(32)33-24(3,4)5/h10-13H,1-2,14H2,3-9H3,(H,26,31)(H,27,30)(H,28,32)/b17-10-. The maximum Gasteiger partial charge on any atom is 0.412 e. The van der Waals surface area contributed by atoms with Crippen molar-refractivity contribution >= 4 is 69.2 Å². The topological polar surface area (TPSA) is 101 Å². The summed E-state index contributed by atoms with van der Waals surface area (Å²) in [5.74, 6) is -0.564. The van der Waals surface area contributed by atoms with Gasteiger partial charge in [-0.1, -0.05) is 34.7 Å². The van der Waals surface area contributed by atoms with Crippen LogP contribution in [0.25, 0.3) is 12.7 Å². The number of ether oxygens (including phenoxy) is 1. The maximum atomic E-state index is 12.8. The van der Waals surface area contributed by atoms with Gasteiger partial charge in [-0.3, -0.25) is 14.9 Å². The third-order valence-corrected chi connectivity index (χ3v) is 8.16. The van der Waals surface area contributed by atoms with E-state index < -0.39 is 17.6 Å². The molecule has 2 heterocycles. The Morgan fingerprint density at radius 1 is 1.17 bits per heavy atom. The summed E-state index contributed by atoms with van der Waals surface area (Å²) in [6.45, 7) is 17.9. The number of nitrogens with zero attached hydrogens (tertiary/aromatic N) is 1. The van der Waals surface area contributed by atoms with Crippen LogP contribution < -0.4 is 25.7 Å². The normalized spacial score (nSPS) is 12.2. The molecule has 3 amide bonds. The van der Waals surface area contributed by atoms with E-state index in [2.05, 4.69) is 43.0 Å². The van der Waals surface area contributed by atoms with Crippen LogP contribution in [0, 0.1) is 0 Å². The molecule has 0 saturated heterocycles. The van der Waals surface area contributed by atoms with E-state index in [0.717, 1.165) is 0 Å². The second-order valence-corrected chi connectivity index (χ2v) is 13.9. The summed E-state index contributed by atoms with van der Waals surface area (Å²) < 4.78 is 7.43. The first-order valence-corrected chi connectivity index (χ1v) is 14.4. The van der Waals surface area contributed by atoms with Crippen molar-refractivity contribution in [3.63, 3.8) is 0 Å². The average Bonchev–Trinajstić information content (AvgIpc) is 3.26. The SMILES string of the molecule is C=C(/C=c1/cc(C(=O)NCC(C)(C)SSC)sc1=C)NC(=O)c1cc(NC(=O)OC(C)(C)C)cn1C.